The lowest BCUT2D eigenvalue weighted by Crippen LogP contribution is -2.06. The molecule has 0 aliphatic rings. The number of rotatable bonds is 9. The molecule has 3 rings (SSSR count). The van der Waals surface area contributed by atoms with Crippen LogP contribution in [-0.2, 0) is 17.9 Å². The number of benzene rings is 3. The molecular formula is C25H27ClN2O3. The van der Waals surface area contributed by atoms with Gasteiger partial charge in [0.15, 0.2) is 11.5 Å². The highest BCUT2D eigenvalue weighted by Crippen LogP contribution is 2.35. The summed E-state index contributed by atoms with van der Waals surface area (Å²) in [6, 6.07) is 19.3. The number of carbonyl (C=O) groups excluding carboxylic acids is 1. The summed E-state index contributed by atoms with van der Waals surface area (Å²) in [5.41, 5.74) is 4.87. The second-order valence-electron chi connectivity index (χ2n) is 7.15. The average Bonchev–Trinajstić information content (AvgIpc) is 2.74. The third-order valence-electron chi connectivity index (χ3n) is 4.75. The summed E-state index contributed by atoms with van der Waals surface area (Å²) in [6.07, 6.45) is 0. The van der Waals surface area contributed by atoms with Crippen molar-refractivity contribution in [1.29, 1.82) is 0 Å². The maximum atomic E-state index is 11.1. The molecule has 0 fully saturated rings. The Morgan fingerprint density at radius 2 is 1.61 bits per heavy atom. The van der Waals surface area contributed by atoms with Crippen LogP contribution in [0, 0.1) is 6.92 Å². The summed E-state index contributed by atoms with van der Waals surface area (Å²) >= 11 is 6.54. The van der Waals surface area contributed by atoms with E-state index in [1.54, 1.807) is 0 Å². The van der Waals surface area contributed by atoms with Gasteiger partial charge in [0.1, 0.15) is 6.61 Å². The minimum absolute atomic E-state index is 0.0966. The van der Waals surface area contributed by atoms with Crippen LogP contribution in [0.5, 0.6) is 11.5 Å². The van der Waals surface area contributed by atoms with Crippen molar-refractivity contribution in [3.63, 3.8) is 0 Å². The molecule has 0 heterocycles. The van der Waals surface area contributed by atoms with Crippen LogP contribution in [-0.4, -0.2) is 12.5 Å². The summed E-state index contributed by atoms with van der Waals surface area (Å²) in [5.74, 6) is 1.19. The Hall–Kier alpha value is -3.18. The largest absolute Gasteiger partial charge is 0.490 e. The number of amides is 1. The zero-order valence-electron chi connectivity index (χ0n) is 18.0. The zero-order valence-corrected chi connectivity index (χ0v) is 18.8. The first-order valence-electron chi connectivity index (χ1n) is 10.2. The highest BCUT2D eigenvalue weighted by atomic mass is 35.5. The van der Waals surface area contributed by atoms with E-state index >= 15 is 0 Å². The molecule has 0 aliphatic carbocycles. The normalized spacial score (nSPS) is 10.5. The van der Waals surface area contributed by atoms with Crippen molar-refractivity contribution in [1.82, 2.24) is 0 Å². The molecule has 0 unspecified atom stereocenters. The second-order valence-corrected chi connectivity index (χ2v) is 7.56. The smallest absolute Gasteiger partial charge is 0.221 e. The van der Waals surface area contributed by atoms with Crippen molar-refractivity contribution in [3.8, 4) is 11.5 Å². The standard InChI is InChI=1S/C25H27ClN2O3/c1-4-30-24-13-20(15-27-21-9-11-22(12-10-21)28-18(3)29)23(26)14-25(24)31-16-19-8-6-5-7-17(19)2/h5-14,27H,4,15-16H2,1-3H3,(H,28,29). The van der Waals surface area contributed by atoms with Crippen molar-refractivity contribution in [2.24, 2.45) is 0 Å². The highest BCUT2D eigenvalue weighted by molar-refractivity contribution is 6.31. The van der Waals surface area contributed by atoms with Crippen molar-refractivity contribution >= 4 is 28.9 Å². The third kappa shape index (κ3) is 6.40. The summed E-state index contributed by atoms with van der Waals surface area (Å²) in [6.45, 7) is 6.98. The van der Waals surface area contributed by atoms with Gasteiger partial charge in [0, 0.05) is 35.9 Å². The fraction of sp³-hybridized carbons (Fsp3) is 0.240. The molecular weight excluding hydrogens is 412 g/mol. The predicted octanol–water partition coefficient (Wildman–Crippen LogP) is 6.20. The maximum Gasteiger partial charge on any atom is 0.221 e. The molecule has 0 radical (unpaired) electrons. The van der Waals surface area contributed by atoms with Crippen LogP contribution in [0.4, 0.5) is 11.4 Å². The molecule has 3 aromatic carbocycles. The number of aryl methyl sites for hydroxylation is 1. The van der Waals surface area contributed by atoms with Crippen LogP contribution in [0.3, 0.4) is 0 Å². The number of carbonyl (C=O) groups is 1. The number of nitrogens with one attached hydrogen (secondary N) is 2. The molecule has 162 valence electrons. The fourth-order valence-electron chi connectivity index (χ4n) is 3.09. The van der Waals surface area contributed by atoms with Crippen LogP contribution < -0.4 is 20.1 Å². The van der Waals surface area contributed by atoms with E-state index < -0.39 is 0 Å². The summed E-state index contributed by atoms with van der Waals surface area (Å²) in [4.78, 5) is 11.1. The Morgan fingerprint density at radius 3 is 2.29 bits per heavy atom. The van der Waals surface area contributed by atoms with E-state index in [0.29, 0.717) is 36.3 Å². The molecule has 0 aromatic heterocycles. The molecule has 0 bridgehead atoms. The molecule has 0 spiro atoms. The van der Waals surface area contributed by atoms with Gasteiger partial charge in [-0.2, -0.15) is 0 Å². The second kappa shape index (κ2) is 10.7. The Kier molecular flexibility index (Phi) is 7.79. The van der Waals surface area contributed by atoms with Crippen LogP contribution in [0.1, 0.15) is 30.5 Å². The van der Waals surface area contributed by atoms with Crippen molar-refractivity contribution < 1.29 is 14.3 Å². The number of hydrogen-bond donors (Lipinski definition) is 2. The lowest BCUT2D eigenvalue weighted by molar-refractivity contribution is -0.114. The van der Waals surface area contributed by atoms with Crippen LogP contribution in [0.15, 0.2) is 60.7 Å². The van der Waals surface area contributed by atoms with Crippen LogP contribution in [0.25, 0.3) is 0 Å². The van der Waals surface area contributed by atoms with Crippen molar-refractivity contribution in [2.75, 3.05) is 17.2 Å². The van der Waals surface area contributed by atoms with E-state index in [1.165, 1.54) is 12.5 Å². The van der Waals surface area contributed by atoms with E-state index in [1.807, 2.05) is 61.5 Å². The molecule has 0 atom stereocenters. The van der Waals surface area contributed by atoms with Gasteiger partial charge in [-0.3, -0.25) is 4.79 Å². The van der Waals surface area contributed by atoms with E-state index in [4.69, 9.17) is 21.1 Å². The Bertz CT molecular complexity index is 1040. The molecule has 2 N–H and O–H groups in total. The van der Waals surface area contributed by atoms with Gasteiger partial charge in [-0.1, -0.05) is 35.9 Å². The number of ether oxygens (including phenoxy) is 2. The quantitative estimate of drug-likeness (QED) is 0.417. The van der Waals surface area contributed by atoms with Crippen LogP contribution in [0.2, 0.25) is 5.02 Å². The Balaban J connectivity index is 1.70. The van der Waals surface area contributed by atoms with Crippen molar-refractivity contribution in [3.05, 3.63) is 82.4 Å². The summed E-state index contributed by atoms with van der Waals surface area (Å²) in [5, 5.41) is 6.70. The van der Waals surface area contributed by atoms with Gasteiger partial charge >= 0.3 is 0 Å². The first-order valence-corrected chi connectivity index (χ1v) is 10.6. The Labute approximate surface area is 188 Å². The topological polar surface area (TPSA) is 59.6 Å². The van der Waals surface area contributed by atoms with E-state index in [9.17, 15) is 4.79 Å². The fourth-order valence-corrected chi connectivity index (χ4v) is 3.31. The first kappa shape index (κ1) is 22.5. The molecule has 5 nitrogen and oxygen atoms in total. The number of anilines is 2. The lowest BCUT2D eigenvalue weighted by Gasteiger charge is -2.16. The van der Waals surface area contributed by atoms with Gasteiger partial charge in [0.25, 0.3) is 0 Å². The molecule has 0 aliphatic heterocycles. The van der Waals surface area contributed by atoms with E-state index in [-0.39, 0.29) is 5.91 Å². The number of halogens is 1. The maximum absolute atomic E-state index is 11.1. The molecule has 0 saturated carbocycles. The van der Waals surface area contributed by atoms with Gasteiger partial charge in [0.05, 0.1) is 6.61 Å². The zero-order chi connectivity index (χ0) is 22.2. The van der Waals surface area contributed by atoms with E-state index in [2.05, 4.69) is 23.6 Å². The minimum atomic E-state index is -0.0966. The van der Waals surface area contributed by atoms with Gasteiger partial charge in [-0.15, -0.1) is 0 Å². The molecule has 3 aromatic rings. The van der Waals surface area contributed by atoms with Crippen LogP contribution >= 0.6 is 11.6 Å². The number of hydrogen-bond acceptors (Lipinski definition) is 4. The average molecular weight is 439 g/mol. The molecule has 0 saturated heterocycles. The van der Waals surface area contributed by atoms with Gasteiger partial charge in [0.2, 0.25) is 5.91 Å². The highest BCUT2D eigenvalue weighted by Gasteiger charge is 2.12. The minimum Gasteiger partial charge on any atom is -0.490 e. The first-order chi connectivity index (χ1) is 15.0. The summed E-state index contributed by atoms with van der Waals surface area (Å²) < 4.78 is 11.8. The van der Waals surface area contributed by atoms with Gasteiger partial charge in [-0.25, -0.2) is 0 Å². The third-order valence-corrected chi connectivity index (χ3v) is 5.10. The lowest BCUT2D eigenvalue weighted by atomic mass is 10.1. The Morgan fingerprint density at radius 1 is 0.935 bits per heavy atom. The van der Waals surface area contributed by atoms with Gasteiger partial charge in [-0.05, 0) is 60.9 Å². The van der Waals surface area contributed by atoms with E-state index in [0.717, 1.165) is 22.5 Å². The van der Waals surface area contributed by atoms with Gasteiger partial charge < -0.3 is 20.1 Å². The molecule has 6 heteroatoms. The molecule has 1 amide bonds. The SMILES string of the molecule is CCOc1cc(CNc2ccc(NC(C)=O)cc2)c(Cl)cc1OCc1ccccc1C. The monoisotopic (exact) mass is 438 g/mol. The predicted molar refractivity (Wildman–Crippen MR) is 126 cm³/mol. The van der Waals surface area contributed by atoms with Crippen molar-refractivity contribution in [2.45, 2.75) is 33.9 Å². The summed E-state index contributed by atoms with van der Waals surface area (Å²) in [7, 11) is 0. The molecule has 31 heavy (non-hydrogen) atoms.